The molecule has 0 aliphatic rings. The number of hydrogen-bond acceptors (Lipinski definition) is 3. The molecule has 2 aromatic carbocycles. The predicted molar refractivity (Wildman–Crippen MR) is 90.8 cm³/mol. The Kier molecular flexibility index (Phi) is 4.66. The van der Waals surface area contributed by atoms with Crippen molar-refractivity contribution in [1.29, 1.82) is 0 Å². The van der Waals surface area contributed by atoms with Crippen LogP contribution in [0, 0.1) is 11.6 Å². The van der Waals surface area contributed by atoms with Crippen LogP contribution < -0.4 is 9.47 Å². The Labute approximate surface area is 137 Å². The molecule has 0 bridgehead atoms. The Bertz CT molecular complexity index is 842. The van der Waals surface area contributed by atoms with E-state index in [0.717, 1.165) is 30.6 Å². The van der Waals surface area contributed by atoms with Gasteiger partial charge in [0.15, 0.2) is 23.1 Å². The van der Waals surface area contributed by atoms with Gasteiger partial charge in [-0.2, -0.15) is 0 Å². The van der Waals surface area contributed by atoms with Crippen LogP contribution in [0.4, 0.5) is 8.78 Å². The van der Waals surface area contributed by atoms with Gasteiger partial charge in [-0.05, 0) is 30.7 Å². The number of benzene rings is 2. The van der Waals surface area contributed by atoms with Crippen molar-refractivity contribution in [3.05, 3.63) is 35.9 Å². The zero-order chi connectivity index (χ0) is 16.4. The first-order valence-electron chi connectivity index (χ1n) is 7.67. The molecule has 1 heterocycles. The van der Waals surface area contributed by atoms with Crippen LogP contribution in [0.2, 0.25) is 0 Å². The summed E-state index contributed by atoms with van der Waals surface area (Å²) in [6, 6.07) is 6.74. The molecular formula is C18H18F2O2S. The number of methoxy groups -OCH3 is 1. The lowest BCUT2D eigenvalue weighted by Gasteiger charge is -2.07. The van der Waals surface area contributed by atoms with Crippen LogP contribution in [-0.4, -0.2) is 13.7 Å². The summed E-state index contributed by atoms with van der Waals surface area (Å²) in [4.78, 5) is 0. The predicted octanol–water partition coefficient (Wildman–Crippen LogP) is 5.91. The van der Waals surface area contributed by atoms with Crippen molar-refractivity contribution >= 4 is 31.5 Å². The van der Waals surface area contributed by atoms with Crippen LogP contribution in [0.5, 0.6) is 11.5 Å². The highest BCUT2D eigenvalue weighted by molar-refractivity contribution is 7.25. The first-order chi connectivity index (χ1) is 11.2. The van der Waals surface area contributed by atoms with Gasteiger partial charge in [0.1, 0.15) is 0 Å². The average Bonchev–Trinajstić information content (AvgIpc) is 2.94. The Balaban J connectivity index is 2.03. The van der Waals surface area contributed by atoms with Crippen molar-refractivity contribution in [2.45, 2.75) is 26.2 Å². The molecule has 0 aliphatic carbocycles. The van der Waals surface area contributed by atoms with Crippen LogP contribution in [0.3, 0.4) is 0 Å². The second-order valence-electron chi connectivity index (χ2n) is 5.37. The lowest BCUT2D eigenvalue weighted by atomic mass is 10.1. The van der Waals surface area contributed by atoms with E-state index in [1.54, 1.807) is 24.3 Å². The maximum absolute atomic E-state index is 14.7. The molecule has 23 heavy (non-hydrogen) atoms. The van der Waals surface area contributed by atoms with Crippen LogP contribution in [0.1, 0.15) is 26.2 Å². The number of rotatable bonds is 6. The molecule has 0 aliphatic heterocycles. The third-order valence-corrected chi connectivity index (χ3v) is 5.05. The van der Waals surface area contributed by atoms with Gasteiger partial charge < -0.3 is 9.47 Å². The number of fused-ring (bicyclic) bond motifs is 3. The summed E-state index contributed by atoms with van der Waals surface area (Å²) >= 11 is 1.09. The monoisotopic (exact) mass is 336 g/mol. The van der Waals surface area contributed by atoms with Gasteiger partial charge >= 0.3 is 0 Å². The minimum atomic E-state index is -0.448. The third kappa shape index (κ3) is 2.85. The van der Waals surface area contributed by atoms with Gasteiger partial charge in [0.2, 0.25) is 0 Å². The summed E-state index contributed by atoms with van der Waals surface area (Å²) < 4.78 is 40.4. The molecule has 0 atom stereocenters. The third-order valence-electron chi connectivity index (χ3n) is 3.84. The van der Waals surface area contributed by atoms with Crippen molar-refractivity contribution in [2.75, 3.05) is 13.7 Å². The number of halogens is 2. The van der Waals surface area contributed by atoms with Crippen LogP contribution in [0.15, 0.2) is 24.3 Å². The van der Waals surface area contributed by atoms with E-state index in [2.05, 4.69) is 6.92 Å². The standard InChI is InChI=1S/C18H18F2O2S/c1-3-4-5-10-22-14-9-7-12-11-6-8-13(21-2)15(19)17(11)23-18(12)16(14)20/h6-9H,3-5,10H2,1-2H3. The van der Waals surface area contributed by atoms with Gasteiger partial charge in [-0.25, -0.2) is 8.78 Å². The number of unbranched alkanes of at least 4 members (excludes halogenated alkanes) is 2. The molecule has 0 saturated carbocycles. The molecule has 3 aromatic rings. The fourth-order valence-corrected chi connectivity index (χ4v) is 3.77. The maximum atomic E-state index is 14.7. The Morgan fingerprint density at radius 2 is 1.52 bits per heavy atom. The molecule has 0 spiro atoms. The molecule has 0 fully saturated rings. The Hall–Kier alpha value is -1.88. The molecule has 0 N–H and O–H groups in total. The van der Waals surface area contributed by atoms with Crippen LogP contribution in [-0.2, 0) is 0 Å². The lowest BCUT2D eigenvalue weighted by Crippen LogP contribution is -1.98. The van der Waals surface area contributed by atoms with E-state index in [1.807, 2.05) is 0 Å². The summed E-state index contributed by atoms with van der Waals surface area (Å²) in [6.45, 7) is 2.59. The van der Waals surface area contributed by atoms with Crippen molar-refractivity contribution in [3.63, 3.8) is 0 Å². The smallest absolute Gasteiger partial charge is 0.182 e. The second kappa shape index (κ2) is 6.71. The van der Waals surface area contributed by atoms with E-state index in [0.29, 0.717) is 26.8 Å². The van der Waals surface area contributed by atoms with Crippen LogP contribution in [0.25, 0.3) is 20.2 Å². The van der Waals surface area contributed by atoms with E-state index >= 15 is 0 Å². The molecule has 2 nitrogen and oxygen atoms in total. The van der Waals surface area contributed by atoms with Gasteiger partial charge in [-0.15, -0.1) is 11.3 Å². The van der Waals surface area contributed by atoms with Crippen molar-refractivity contribution in [1.82, 2.24) is 0 Å². The average molecular weight is 336 g/mol. The first kappa shape index (κ1) is 16.0. The summed E-state index contributed by atoms with van der Waals surface area (Å²) in [5, 5.41) is 1.39. The molecule has 5 heteroatoms. The Morgan fingerprint density at radius 3 is 2.13 bits per heavy atom. The van der Waals surface area contributed by atoms with Gasteiger partial charge in [0.25, 0.3) is 0 Å². The van der Waals surface area contributed by atoms with Crippen LogP contribution >= 0.6 is 11.3 Å². The van der Waals surface area contributed by atoms with Gasteiger partial charge in [-0.1, -0.05) is 19.8 Å². The summed E-state index contributed by atoms with van der Waals surface area (Å²) in [7, 11) is 1.42. The molecule has 0 unspecified atom stereocenters. The maximum Gasteiger partial charge on any atom is 0.182 e. The lowest BCUT2D eigenvalue weighted by molar-refractivity contribution is 0.293. The van der Waals surface area contributed by atoms with Crippen molar-refractivity contribution in [2.24, 2.45) is 0 Å². The molecule has 0 radical (unpaired) electrons. The highest BCUT2D eigenvalue weighted by Crippen LogP contribution is 2.41. The zero-order valence-electron chi connectivity index (χ0n) is 13.1. The van der Waals surface area contributed by atoms with E-state index in [9.17, 15) is 8.78 Å². The van der Waals surface area contributed by atoms with Crippen molar-refractivity contribution < 1.29 is 18.3 Å². The SMILES string of the molecule is CCCCCOc1ccc2c(sc3c(F)c(OC)ccc32)c1F. The van der Waals surface area contributed by atoms with Gasteiger partial charge in [-0.3, -0.25) is 0 Å². The summed E-state index contributed by atoms with van der Waals surface area (Å²) in [5.74, 6) is -0.470. The molecule has 122 valence electrons. The topological polar surface area (TPSA) is 18.5 Å². The minimum absolute atomic E-state index is 0.167. The molecule has 0 saturated heterocycles. The largest absolute Gasteiger partial charge is 0.494 e. The molecule has 3 rings (SSSR count). The molecule has 0 amide bonds. The van der Waals surface area contributed by atoms with E-state index < -0.39 is 11.6 Å². The fraction of sp³-hybridized carbons (Fsp3) is 0.333. The van der Waals surface area contributed by atoms with Gasteiger partial charge in [0.05, 0.1) is 23.1 Å². The Morgan fingerprint density at radius 1 is 0.913 bits per heavy atom. The van der Waals surface area contributed by atoms with E-state index in [1.165, 1.54) is 7.11 Å². The van der Waals surface area contributed by atoms with E-state index in [4.69, 9.17) is 9.47 Å². The highest BCUT2D eigenvalue weighted by Gasteiger charge is 2.17. The summed E-state index contributed by atoms with van der Waals surface area (Å²) in [6.07, 6.45) is 3.03. The molecular weight excluding hydrogens is 318 g/mol. The fourth-order valence-electron chi connectivity index (χ4n) is 2.61. The number of ether oxygens (including phenoxy) is 2. The highest BCUT2D eigenvalue weighted by atomic mass is 32.1. The number of hydrogen-bond donors (Lipinski definition) is 0. The number of thiophene rings is 1. The zero-order valence-corrected chi connectivity index (χ0v) is 13.9. The van der Waals surface area contributed by atoms with Gasteiger partial charge in [0, 0.05) is 10.8 Å². The quantitative estimate of drug-likeness (QED) is 0.521. The summed E-state index contributed by atoms with van der Waals surface area (Å²) in [5.41, 5.74) is 0. The minimum Gasteiger partial charge on any atom is -0.494 e. The van der Waals surface area contributed by atoms with E-state index in [-0.39, 0.29) is 11.5 Å². The molecule has 1 aromatic heterocycles. The second-order valence-corrected chi connectivity index (χ2v) is 6.39. The van der Waals surface area contributed by atoms with Crippen molar-refractivity contribution in [3.8, 4) is 11.5 Å². The normalized spacial score (nSPS) is 11.3. The first-order valence-corrected chi connectivity index (χ1v) is 8.49.